The van der Waals surface area contributed by atoms with Gasteiger partial charge in [0.05, 0.1) is 12.5 Å². The molecule has 6 nitrogen and oxygen atoms in total. The number of nitrogens with zero attached hydrogens (tertiary/aromatic N) is 3. The van der Waals surface area contributed by atoms with Crippen molar-refractivity contribution in [2.45, 2.75) is 33.2 Å². The van der Waals surface area contributed by atoms with Crippen molar-refractivity contribution in [1.82, 2.24) is 9.55 Å². The van der Waals surface area contributed by atoms with Crippen LogP contribution in [-0.4, -0.2) is 35.2 Å². The molecule has 0 aromatic carbocycles. The molecule has 0 aliphatic carbocycles. The average Bonchev–Trinajstić information content (AvgIpc) is 2.48. The van der Waals surface area contributed by atoms with E-state index >= 15 is 0 Å². The molecule has 0 amide bonds. The van der Waals surface area contributed by atoms with Crippen LogP contribution in [0.4, 0.5) is 5.82 Å². The van der Waals surface area contributed by atoms with Crippen molar-refractivity contribution in [3.63, 3.8) is 0 Å². The Kier molecular flexibility index (Phi) is 4.76. The summed E-state index contributed by atoms with van der Waals surface area (Å²) in [7, 11) is 0. The topological polar surface area (TPSA) is 64.4 Å². The first-order valence-electron chi connectivity index (χ1n) is 7.14. The zero-order chi connectivity index (χ0) is 14.5. The van der Waals surface area contributed by atoms with E-state index in [1.165, 1.54) is 0 Å². The zero-order valence-corrected chi connectivity index (χ0v) is 12.0. The lowest BCUT2D eigenvalue weighted by Gasteiger charge is -2.31. The van der Waals surface area contributed by atoms with Crippen LogP contribution in [0.5, 0.6) is 0 Å². The van der Waals surface area contributed by atoms with Crippen LogP contribution in [0.25, 0.3) is 0 Å². The van der Waals surface area contributed by atoms with Crippen LogP contribution in [0, 0.1) is 5.92 Å². The molecule has 2 heterocycles. The fourth-order valence-electron chi connectivity index (χ4n) is 2.49. The minimum atomic E-state index is -0.126. The molecule has 0 spiro atoms. The Hall–Kier alpha value is -1.85. The Morgan fingerprint density at radius 1 is 1.40 bits per heavy atom. The predicted molar refractivity (Wildman–Crippen MR) is 75.7 cm³/mol. The lowest BCUT2D eigenvalue weighted by Crippen LogP contribution is -2.41. The molecule has 1 aromatic heterocycles. The van der Waals surface area contributed by atoms with Gasteiger partial charge in [0.1, 0.15) is 0 Å². The third-order valence-corrected chi connectivity index (χ3v) is 3.65. The van der Waals surface area contributed by atoms with E-state index in [4.69, 9.17) is 4.74 Å². The standard InChI is InChI=1S/C14H21N3O3/c1-3-16-10-7-15-12(13(16)18)17-8-5-11(6-9-17)14(19)20-4-2/h7,10-11H,3-6,8-9H2,1-2H3. The molecule has 0 saturated carbocycles. The predicted octanol–water partition coefficient (Wildman–Crippen LogP) is 1.04. The Morgan fingerprint density at radius 2 is 2.10 bits per heavy atom. The van der Waals surface area contributed by atoms with E-state index in [2.05, 4.69) is 4.98 Å². The van der Waals surface area contributed by atoms with Crippen LogP contribution in [0.2, 0.25) is 0 Å². The number of esters is 1. The van der Waals surface area contributed by atoms with Crippen molar-refractivity contribution in [3.8, 4) is 0 Å². The molecule has 1 fully saturated rings. The van der Waals surface area contributed by atoms with E-state index in [0.29, 0.717) is 44.9 Å². The summed E-state index contributed by atoms with van der Waals surface area (Å²) in [5, 5.41) is 0. The quantitative estimate of drug-likeness (QED) is 0.771. The number of rotatable bonds is 4. The lowest BCUT2D eigenvalue weighted by molar-refractivity contribution is -0.148. The van der Waals surface area contributed by atoms with Gasteiger partial charge in [-0.05, 0) is 26.7 Å². The third kappa shape index (κ3) is 3.00. The van der Waals surface area contributed by atoms with Crippen molar-refractivity contribution in [2.24, 2.45) is 5.92 Å². The molecule has 0 unspecified atom stereocenters. The summed E-state index contributed by atoms with van der Waals surface area (Å²) in [6.45, 7) is 6.12. The summed E-state index contributed by atoms with van der Waals surface area (Å²) in [6.07, 6.45) is 4.76. The summed E-state index contributed by atoms with van der Waals surface area (Å²) in [5.41, 5.74) is -0.0652. The zero-order valence-electron chi connectivity index (χ0n) is 12.0. The van der Waals surface area contributed by atoms with Gasteiger partial charge in [0, 0.05) is 32.0 Å². The number of carbonyl (C=O) groups excluding carboxylic acids is 1. The summed E-state index contributed by atoms with van der Waals surface area (Å²) in [5.74, 6) is 0.305. The Labute approximate surface area is 118 Å². The van der Waals surface area contributed by atoms with E-state index in [9.17, 15) is 9.59 Å². The van der Waals surface area contributed by atoms with E-state index < -0.39 is 0 Å². The first-order chi connectivity index (χ1) is 9.67. The van der Waals surface area contributed by atoms with E-state index in [0.717, 1.165) is 0 Å². The van der Waals surface area contributed by atoms with Gasteiger partial charge in [-0.2, -0.15) is 0 Å². The molecule has 6 heteroatoms. The summed E-state index contributed by atoms with van der Waals surface area (Å²) in [4.78, 5) is 30.0. The third-order valence-electron chi connectivity index (χ3n) is 3.65. The van der Waals surface area contributed by atoms with Crippen LogP contribution in [-0.2, 0) is 16.1 Å². The van der Waals surface area contributed by atoms with Gasteiger partial charge in [-0.3, -0.25) is 9.59 Å². The number of piperidine rings is 1. The first kappa shape index (κ1) is 14.6. The highest BCUT2D eigenvalue weighted by molar-refractivity contribution is 5.72. The van der Waals surface area contributed by atoms with Gasteiger partial charge < -0.3 is 14.2 Å². The lowest BCUT2D eigenvalue weighted by atomic mass is 9.97. The van der Waals surface area contributed by atoms with Crippen LogP contribution in [0.1, 0.15) is 26.7 Å². The maximum atomic E-state index is 12.2. The molecule has 1 aromatic rings. The van der Waals surface area contributed by atoms with Gasteiger partial charge in [-0.15, -0.1) is 0 Å². The minimum absolute atomic E-state index is 0.0525. The van der Waals surface area contributed by atoms with Gasteiger partial charge in [-0.1, -0.05) is 0 Å². The number of anilines is 1. The average molecular weight is 279 g/mol. The molecule has 20 heavy (non-hydrogen) atoms. The molecule has 1 aliphatic heterocycles. The summed E-state index contributed by atoms with van der Waals surface area (Å²) in [6, 6.07) is 0. The second-order valence-corrected chi connectivity index (χ2v) is 4.86. The van der Waals surface area contributed by atoms with E-state index in [-0.39, 0.29) is 17.4 Å². The largest absolute Gasteiger partial charge is 0.466 e. The second-order valence-electron chi connectivity index (χ2n) is 4.86. The van der Waals surface area contributed by atoms with Gasteiger partial charge in [-0.25, -0.2) is 4.98 Å². The monoisotopic (exact) mass is 279 g/mol. The maximum absolute atomic E-state index is 12.2. The Bertz CT molecular complexity index is 519. The number of hydrogen-bond donors (Lipinski definition) is 0. The molecule has 1 aliphatic rings. The Morgan fingerprint density at radius 3 is 2.70 bits per heavy atom. The van der Waals surface area contributed by atoms with Crippen LogP contribution >= 0.6 is 0 Å². The van der Waals surface area contributed by atoms with Crippen LogP contribution in [0.15, 0.2) is 17.2 Å². The fraction of sp³-hybridized carbons (Fsp3) is 0.643. The SMILES string of the molecule is CCOC(=O)C1CCN(c2nccn(CC)c2=O)CC1. The highest BCUT2D eigenvalue weighted by Crippen LogP contribution is 2.20. The first-order valence-corrected chi connectivity index (χ1v) is 7.14. The molecule has 110 valence electrons. The molecule has 0 N–H and O–H groups in total. The van der Waals surface area contributed by atoms with Crippen molar-refractivity contribution in [1.29, 1.82) is 0 Å². The summed E-state index contributed by atoms with van der Waals surface area (Å²) >= 11 is 0. The van der Waals surface area contributed by atoms with Gasteiger partial charge in [0.15, 0.2) is 5.82 Å². The molecule has 0 radical (unpaired) electrons. The molecule has 1 saturated heterocycles. The van der Waals surface area contributed by atoms with Crippen LogP contribution in [0.3, 0.4) is 0 Å². The molecular formula is C14H21N3O3. The number of ether oxygens (including phenoxy) is 1. The Balaban J connectivity index is 2.04. The highest BCUT2D eigenvalue weighted by Gasteiger charge is 2.27. The van der Waals surface area contributed by atoms with Gasteiger partial charge in [0.25, 0.3) is 5.56 Å². The normalized spacial score (nSPS) is 16.2. The van der Waals surface area contributed by atoms with Crippen molar-refractivity contribution in [3.05, 3.63) is 22.7 Å². The van der Waals surface area contributed by atoms with Crippen molar-refractivity contribution < 1.29 is 9.53 Å². The molecule has 0 bridgehead atoms. The van der Waals surface area contributed by atoms with Crippen molar-refractivity contribution >= 4 is 11.8 Å². The molecular weight excluding hydrogens is 258 g/mol. The smallest absolute Gasteiger partial charge is 0.309 e. The van der Waals surface area contributed by atoms with Gasteiger partial charge in [0.2, 0.25) is 0 Å². The molecule has 0 atom stereocenters. The van der Waals surface area contributed by atoms with Gasteiger partial charge >= 0.3 is 5.97 Å². The fourth-order valence-corrected chi connectivity index (χ4v) is 2.49. The number of carbonyl (C=O) groups is 1. The van der Waals surface area contributed by atoms with E-state index in [1.54, 1.807) is 17.0 Å². The van der Waals surface area contributed by atoms with Crippen LogP contribution < -0.4 is 10.5 Å². The summed E-state index contributed by atoms with van der Waals surface area (Å²) < 4.78 is 6.68. The minimum Gasteiger partial charge on any atom is -0.466 e. The number of hydrogen-bond acceptors (Lipinski definition) is 5. The number of aromatic nitrogens is 2. The number of aryl methyl sites for hydroxylation is 1. The molecule has 2 rings (SSSR count). The second kappa shape index (κ2) is 6.54. The van der Waals surface area contributed by atoms with E-state index in [1.807, 2.05) is 18.7 Å². The highest BCUT2D eigenvalue weighted by atomic mass is 16.5. The maximum Gasteiger partial charge on any atom is 0.309 e. The van der Waals surface area contributed by atoms with Crippen molar-refractivity contribution in [2.75, 3.05) is 24.6 Å².